The molecule has 15 heavy (non-hydrogen) atoms. The van der Waals surface area contributed by atoms with E-state index < -0.39 is 0 Å². The molecular weight excluding hydrogens is 194 g/mol. The third-order valence-electron chi connectivity index (χ3n) is 1.66. The van der Waals surface area contributed by atoms with Crippen molar-refractivity contribution in [3.8, 4) is 6.01 Å². The lowest BCUT2D eigenvalue weighted by molar-refractivity contribution is 0.312. The predicted octanol–water partition coefficient (Wildman–Crippen LogP) is 0.402. The van der Waals surface area contributed by atoms with Gasteiger partial charge < -0.3 is 14.5 Å². The molecule has 1 aromatic rings. The van der Waals surface area contributed by atoms with Crippen LogP contribution in [-0.4, -0.2) is 49.7 Å². The van der Waals surface area contributed by atoms with Crippen LogP contribution in [0, 0.1) is 0 Å². The fraction of sp³-hybridized carbons (Fsp3) is 0.667. The highest BCUT2D eigenvalue weighted by molar-refractivity contribution is 5.37. The molecular formula is C9H17N5O. The van der Waals surface area contributed by atoms with Crippen LogP contribution in [0.5, 0.6) is 6.01 Å². The van der Waals surface area contributed by atoms with E-state index in [-0.39, 0.29) is 0 Å². The maximum Gasteiger partial charge on any atom is 0.323 e. The van der Waals surface area contributed by atoms with Crippen LogP contribution in [0.25, 0.3) is 0 Å². The van der Waals surface area contributed by atoms with Crippen molar-refractivity contribution in [1.29, 1.82) is 0 Å². The maximum absolute atomic E-state index is 5.27. The lowest BCUT2D eigenvalue weighted by Gasteiger charge is -2.15. The zero-order chi connectivity index (χ0) is 11.4. The Hall–Kier alpha value is -1.59. The molecule has 0 spiro atoms. The highest BCUT2D eigenvalue weighted by Crippen LogP contribution is 2.14. The van der Waals surface area contributed by atoms with E-state index in [0.717, 1.165) is 0 Å². The Kier molecular flexibility index (Phi) is 3.65. The van der Waals surface area contributed by atoms with Crippen molar-refractivity contribution >= 4 is 11.9 Å². The van der Waals surface area contributed by atoms with E-state index in [1.54, 1.807) is 0 Å². The minimum atomic E-state index is 0.361. The SMILES string of the molecule is CCOc1nc(N(C)C)nc(N(C)C)n1. The molecule has 1 heterocycles. The quantitative estimate of drug-likeness (QED) is 0.718. The lowest BCUT2D eigenvalue weighted by atomic mass is 10.7. The van der Waals surface area contributed by atoms with Gasteiger partial charge in [0.2, 0.25) is 11.9 Å². The highest BCUT2D eigenvalue weighted by Gasteiger charge is 2.09. The smallest absolute Gasteiger partial charge is 0.323 e. The molecule has 0 aliphatic heterocycles. The van der Waals surface area contributed by atoms with Gasteiger partial charge in [0.25, 0.3) is 0 Å². The molecule has 0 radical (unpaired) electrons. The van der Waals surface area contributed by atoms with Gasteiger partial charge >= 0.3 is 6.01 Å². The molecule has 6 nitrogen and oxygen atoms in total. The Morgan fingerprint density at radius 1 is 0.933 bits per heavy atom. The molecule has 1 rings (SSSR count). The fourth-order valence-electron chi connectivity index (χ4n) is 0.929. The van der Waals surface area contributed by atoms with E-state index in [0.29, 0.717) is 24.5 Å². The first-order valence-electron chi connectivity index (χ1n) is 4.78. The summed E-state index contributed by atoms with van der Waals surface area (Å²) in [7, 11) is 7.52. The normalized spacial score (nSPS) is 9.93. The van der Waals surface area contributed by atoms with E-state index in [1.807, 2.05) is 44.9 Å². The summed E-state index contributed by atoms with van der Waals surface area (Å²) in [5.74, 6) is 1.19. The molecule has 1 aromatic heterocycles. The van der Waals surface area contributed by atoms with Crippen LogP contribution in [0.15, 0.2) is 0 Å². The second-order valence-electron chi connectivity index (χ2n) is 3.44. The first kappa shape index (κ1) is 11.5. The summed E-state index contributed by atoms with van der Waals surface area (Å²) in [5.41, 5.74) is 0. The summed E-state index contributed by atoms with van der Waals surface area (Å²) >= 11 is 0. The van der Waals surface area contributed by atoms with E-state index in [1.165, 1.54) is 0 Å². The van der Waals surface area contributed by atoms with Crippen molar-refractivity contribution in [2.45, 2.75) is 6.92 Å². The Morgan fingerprint density at radius 2 is 1.40 bits per heavy atom. The van der Waals surface area contributed by atoms with E-state index >= 15 is 0 Å². The van der Waals surface area contributed by atoms with Crippen LogP contribution in [0.1, 0.15) is 6.92 Å². The first-order valence-corrected chi connectivity index (χ1v) is 4.78. The van der Waals surface area contributed by atoms with E-state index in [9.17, 15) is 0 Å². The number of anilines is 2. The number of hydrogen-bond donors (Lipinski definition) is 0. The van der Waals surface area contributed by atoms with Gasteiger partial charge in [0.15, 0.2) is 0 Å². The second-order valence-corrected chi connectivity index (χ2v) is 3.44. The third-order valence-corrected chi connectivity index (χ3v) is 1.66. The van der Waals surface area contributed by atoms with Crippen molar-refractivity contribution in [1.82, 2.24) is 15.0 Å². The highest BCUT2D eigenvalue weighted by atomic mass is 16.5. The Morgan fingerprint density at radius 3 is 1.73 bits per heavy atom. The van der Waals surface area contributed by atoms with Gasteiger partial charge in [-0.15, -0.1) is 0 Å². The van der Waals surface area contributed by atoms with Gasteiger partial charge in [0.05, 0.1) is 6.61 Å². The Bertz CT molecular complexity index is 300. The van der Waals surface area contributed by atoms with Crippen molar-refractivity contribution in [3.63, 3.8) is 0 Å². The van der Waals surface area contributed by atoms with Crippen LogP contribution in [0.2, 0.25) is 0 Å². The number of hydrogen-bond acceptors (Lipinski definition) is 6. The third kappa shape index (κ3) is 2.93. The Balaban J connectivity index is 3.08. The molecule has 0 amide bonds. The molecule has 6 heteroatoms. The number of aromatic nitrogens is 3. The van der Waals surface area contributed by atoms with Crippen LogP contribution in [-0.2, 0) is 0 Å². The van der Waals surface area contributed by atoms with Gasteiger partial charge in [0, 0.05) is 28.2 Å². The van der Waals surface area contributed by atoms with Gasteiger partial charge in [-0.1, -0.05) is 0 Å². The largest absolute Gasteiger partial charge is 0.464 e. The van der Waals surface area contributed by atoms with Gasteiger partial charge in [0.1, 0.15) is 0 Å². The zero-order valence-electron chi connectivity index (χ0n) is 9.85. The van der Waals surface area contributed by atoms with Crippen molar-refractivity contribution in [2.24, 2.45) is 0 Å². The molecule has 0 aromatic carbocycles. The molecule has 0 aliphatic rings. The van der Waals surface area contributed by atoms with E-state index in [2.05, 4.69) is 15.0 Å². The summed E-state index contributed by atoms with van der Waals surface area (Å²) in [6, 6.07) is 0.361. The average molecular weight is 211 g/mol. The summed E-state index contributed by atoms with van der Waals surface area (Å²) in [5, 5.41) is 0. The molecule has 0 fully saturated rings. The summed E-state index contributed by atoms with van der Waals surface area (Å²) in [4.78, 5) is 16.2. The van der Waals surface area contributed by atoms with Crippen LogP contribution >= 0.6 is 0 Å². The first-order chi connectivity index (χ1) is 7.04. The van der Waals surface area contributed by atoms with E-state index in [4.69, 9.17) is 4.74 Å². The second kappa shape index (κ2) is 4.77. The Labute approximate surface area is 89.9 Å². The monoisotopic (exact) mass is 211 g/mol. The number of ether oxygens (including phenoxy) is 1. The summed E-state index contributed by atoms with van der Waals surface area (Å²) < 4.78 is 5.27. The molecule has 0 N–H and O–H groups in total. The van der Waals surface area contributed by atoms with Crippen molar-refractivity contribution in [2.75, 3.05) is 44.6 Å². The molecule has 0 aliphatic carbocycles. The summed E-state index contributed by atoms with van der Waals surface area (Å²) in [6.45, 7) is 2.44. The molecule has 0 saturated carbocycles. The van der Waals surface area contributed by atoms with Crippen LogP contribution in [0.4, 0.5) is 11.9 Å². The zero-order valence-corrected chi connectivity index (χ0v) is 9.85. The number of rotatable bonds is 4. The lowest BCUT2D eigenvalue weighted by Crippen LogP contribution is -2.19. The number of nitrogens with zero attached hydrogens (tertiary/aromatic N) is 5. The average Bonchev–Trinajstić information content (AvgIpc) is 2.17. The summed E-state index contributed by atoms with van der Waals surface area (Å²) in [6.07, 6.45) is 0. The van der Waals surface area contributed by atoms with Gasteiger partial charge in [-0.05, 0) is 6.92 Å². The molecule has 0 atom stereocenters. The van der Waals surface area contributed by atoms with Gasteiger partial charge in [-0.3, -0.25) is 0 Å². The predicted molar refractivity (Wildman–Crippen MR) is 59.7 cm³/mol. The van der Waals surface area contributed by atoms with Crippen molar-refractivity contribution < 1.29 is 4.74 Å². The van der Waals surface area contributed by atoms with Crippen molar-refractivity contribution in [3.05, 3.63) is 0 Å². The van der Waals surface area contributed by atoms with Crippen LogP contribution in [0.3, 0.4) is 0 Å². The van der Waals surface area contributed by atoms with Gasteiger partial charge in [-0.2, -0.15) is 15.0 Å². The molecule has 84 valence electrons. The standard InChI is InChI=1S/C9H17N5O/c1-6-15-9-11-7(13(2)3)10-8(12-9)14(4)5/h6H2,1-5H3. The van der Waals surface area contributed by atoms with Crippen LogP contribution < -0.4 is 14.5 Å². The molecule has 0 saturated heterocycles. The minimum absolute atomic E-state index is 0.361. The fourth-order valence-corrected chi connectivity index (χ4v) is 0.929. The maximum atomic E-state index is 5.27. The van der Waals surface area contributed by atoms with Gasteiger partial charge in [-0.25, -0.2) is 0 Å². The molecule has 0 unspecified atom stereocenters. The topological polar surface area (TPSA) is 54.4 Å². The molecule has 0 bridgehead atoms. The minimum Gasteiger partial charge on any atom is -0.464 e.